The summed E-state index contributed by atoms with van der Waals surface area (Å²) in [6.07, 6.45) is 0.894. The van der Waals surface area contributed by atoms with E-state index in [9.17, 15) is 26.4 Å². The SMILES string of the molecule is CS(=O)(=O)N1CCC(c2nnc3ccc(C(=O)NCCc4ccccn4)cn23)C1.O=C(O)C(F)(F)F. The van der Waals surface area contributed by atoms with E-state index in [1.807, 2.05) is 18.2 Å². The molecule has 0 bridgehead atoms. The van der Waals surface area contributed by atoms with Gasteiger partial charge in [-0.3, -0.25) is 14.2 Å². The number of hydrogen-bond acceptors (Lipinski definition) is 7. The third-order valence-corrected chi connectivity index (χ3v) is 6.58. The lowest BCUT2D eigenvalue weighted by molar-refractivity contribution is -0.192. The number of hydrogen-bond donors (Lipinski definition) is 2. The topological polar surface area (TPSA) is 147 Å². The van der Waals surface area contributed by atoms with E-state index in [0.29, 0.717) is 49.5 Å². The van der Waals surface area contributed by atoms with Crippen LogP contribution in [0.1, 0.15) is 34.2 Å². The lowest BCUT2D eigenvalue weighted by atomic mass is 10.1. The minimum absolute atomic E-state index is 0.0535. The molecule has 4 heterocycles. The largest absolute Gasteiger partial charge is 0.490 e. The van der Waals surface area contributed by atoms with Crippen LogP contribution in [0.25, 0.3) is 5.65 Å². The van der Waals surface area contributed by atoms with Crippen LogP contribution in [0, 0.1) is 0 Å². The molecule has 3 aromatic rings. The normalized spacial score (nSPS) is 16.4. The number of rotatable bonds is 6. The van der Waals surface area contributed by atoms with Crippen molar-refractivity contribution in [2.24, 2.45) is 0 Å². The van der Waals surface area contributed by atoms with Crippen molar-refractivity contribution in [1.29, 1.82) is 0 Å². The van der Waals surface area contributed by atoms with Crippen LogP contribution in [0.4, 0.5) is 13.2 Å². The molecule has 194 valence electrons. The number of carboxylic acid groups (broad SMARTS) is 1. The number of aromatic nitrogens is 4. The molecule has 0 radical (unpaired) electrons. The summed E-state index contributed by atoms with van der Waals surface area (Å²) >= 11 is 0. The standard InChI is InChI=1S/C19H22N6O3S.C2HF3O2/c1-29(27,28)24-11-8-14(12-24)18-23-22-17-6-5-15(13-25(17)18)19(26)21-10-7-16-4-2-3-9-20-16;3-2(4,5)1(6)7/h2-6,9,13-14H,7-8,10-12H2,1H3,(H,21,26);(H,6,7). The van der Waals surface area contributed by atoms with E-state index in [2.05, 4.69) is 20.5 Å². The molecule has 1 saturated heterocycles. The van der Waals surface area contributed by atoms with Crippen LogP contribution >= 0.6 is 0 Å². The summed E-state index contributed by atoms with van der Waals surface area (Å²) in [5, 5.41) is 18.4. The van der Waals surface area contributed by atoms with Crippen molar-refractivity contribution in [3.05, 3.63) is 59.8 Å². The Morgan fingerprint density at radius 1 is 1.19 bits per heavy atom. The molecule has 36 heavy (non-hydrogen) atoms. The summed E-state index contributed by atoms with van der Waals surface area (Å²) < 4.78 is 58.5. The summed E-state index contributed by atoms with van der Waals surface area (Å²) in [6.45, 7) is 1.32. The number of alkyl halides is 3. The molecular weight excluding hydrogens is 505 g/mol. The third-order valence-electron chi connectivity index (χ3n) is 5.31. The predicted molar refractivity (Wildman–Crippen MR) is 121 cm³/mol. The molecule has 2 N–H and O–H groups in total. The van der Waals surface area contributed by atoms with Crippen LogP contribution in [0.5, 0.6) is 0 Å². The highest BCUT2D eigenvalue weighted by Crippen LogP contribution is 2.27. The van der Waals surface area contributed by atoms with Crippen LogP contribution in [0.2, 0.25) is 0 Å². The lowest BCUT2D eigenvalue weighted by Crippen LogP contribution is -2.27. The van der Waals surface area contributed by atoms with Crippen LogP contribution in [-0.4, -0.2) is 81.4 Å². The number of sulfonamides is 1. The first kappa shape index (κ1) is 27.0. The van der Waals surface area contributed by atoms with Gasteiger partial charge in [0.05, 0.1) is 11.8 Å². The second-order valence-corrected chi connectivity index (χ2v) is 9.92. The summed E-state index contributed by atoms with van der Waals surface area (Å²) in [6, 6.07) is 9.14. The minimum atomic E-state index is -5.08. The Balaban J connectivity index is 0.000000454. The molecule has 1 unspecified atom stereocenters. The molecule has 11 nitrogen and oxygen atoms in total. The molecule has 1 fully saturated rings. The molecule has 3 aromatic heterocycles. The van der Waals surface area contributed by atoms with Crippen molar-refractivity contribution < 1.29 is 36.3 Å². The number of amides is 1. The van der Waals surface area contributed by atoms with Crippen molar-refractivity contribution in [1.82, 2.24) is 29.2 Å². The fourth-order valence-electron chi connectivity index (χ4n) is 3.51. The van der Waals surface area contributed by atoms with Crippen LogP contribution in [-0.2, 0) is 21.2 Å². The molecule has 0 spiro atoms. The van der Waals surface area contributed by atoms with Gasteiger partial charge in [-0.05, 0) is 30.7 Å². The van der Waals surface area contributed by atoms with E-state index in [1.165, 1.54) is 10.6 Å². The number of aliphatic carboxylic acids is 1. The van der Waals surface area contributed by atoms with E-state index >= 15 is 0 Å². The maximum Gasteiger partial charge on any atom is 0.490 e. The molecule has 0 aromatic carbocycles. The van der Waals surface area contributed by atoms with Crippen LogP contribution in [0.3, 0.4) is 0 Å². The van der Waals surface area contributed by atoms with E-state index < -0.39 is 22.2 Å². The van der Waals surface area contributed by atoms with Gasteiger partial charge in [0.15, 0.2) is 5.65 Å². The van der Waals surface area contributed by atoms with Gasteiger partial charge < -0.3 is 10.4 Å². The van der Waals surface area contributed by atoms with Gasteiger partial charge in [0.25, 0.3) is 5.91 Å². The molecule has 1 amide bonds. The van der Waals surface area contributed by atoms with Gasteiger partial charge in [-0.15, -0.1) is 10.2 Å². The van der Waals surface area contributed by atoms with Gasteiger partial charge in [-0.25, -0.2) is 17.5 Å². The predicted octanol–water partition coefficient (Wildman–Crippen LogP) is 1.48. The van der Waals surface area contributed by atoms with Crippen molar-refractivity contribution in [2.45, 2.75) is 24.9 Å². The van der Waals surface area contributed by atoms with E-state index in [0.717, 1.165) is 5.69 Å². The number of halogens is 3. The van der Waals surface area contributed by atoms with Gasteiger partial charge in [-0.2, -0.15) is 13.2 Å². The van der Waals surface area contributed by atoms with Crippen molar-refractivity contribution in [3.63, 3.8) is 0 Å². The van der Waals surface area contributed by atoms with Gasteiger partial charge in [-0.1, -0.05) is 6.07 Å². The summed E-state index contributed by atoms with van der Waals surface area (Å²) in [5.41, 5.74) is 2.04. The van der Waals surface area contributed by atoms with Crippen molar-refractivity contribution >= 4 is 27.5 Å². The van der Waals surface area contributed by atoms with Gasteiger partial charge in [0.2, 0.25) is 10.0 Å². The van der Waals surface area contributed by atoms with Gasteiger partial charge in [0.1, 0.15) is 5.82 Å². The minimum Gasteiger partial charge on any atom is -0.475 e. The monoisotopic (exact) mass is 528 g/mol. The zero-order chi connectivity index (χ0) is 26.5. The average molecular weight is 529 g/mol. The van der Waals surface area contributed by atoms with Crippen LogP contribution < -0.4 is 5.32 Å². The average Bonchev–Trinajstić information content (AvgIpc) is 3.46. The molecular formula is C21H23F3N6O5S. The number of fused-ring (bicyclic) bond motifs is 1. The Kier molecular flexibility index (Phi) is 8.24. The first-order valence-electron chi connectivity index (χ1n) is 10.6. The molecule has 0 saturated carbocycles. The Morgan fingerprint density at radius 3 is 2.50 bits per heavy atom. The molecule has 1 aliphatic rings. The fourth-order valence-corrected chi connectivity index (χ4v) is 4.40. The second-order valence-electron chi connectivity index (χ2n) is 7.94. The number of pyridine rings is 2. The van der Waals surface area contributed by atoms with Gasteiger partial charge >= 0.3 is 12.1 Å². The maximum absolute atomic E-state index is 12.5. The van der Waals surface area contributed by atoms with E-state index in [-0.39, 0.29) is 11.8 Å². The highest BCUT2D eigenvalue weighted by atomic mass is 32.2. The number of carbonyl (C=O) groups excluding carboxylic acids is 1. The Morgan fingerprint density at radius 2 is 1.92 bits per heavy atom. The molecule has 0 aliphatic carbocycles. The maximum atomic E-state index is 12.5. The quantitative estimate of drug-likeness (QED) is 0.489. The fraction of sp³-hybridized carbons (Fsp3) is 0.381. The van der Waals surface area contributed by atoms with Crippen LogP contribution in [0.15, 0.2) is 42.7 Å². The summed E-state index contributed by atoms with van der Waals surface area (Å²) in [7, 11) is -3.23. The number of carbonyl (C=O) groups is 2. The first-order chi connectivity index (χ1) is 16.9. The van der Waals surface area contributed by atoms with Crippen molar-refractivity contribution in [3.8, 4) is 0 Å². The first-order valence-corrected chi connectivity index (χ1v) is 12.5. The zero-order valence-electron chi connectivity index (χ0n) is 19.0. The van der Waals surface area contributed by atoms with Crippen molar-refractivity contribution in [2.75, 3.05) is 25.9 Å². The molecule has 1 atom stereocenters. The molecule has 1 aliphatic heterocycles. The number of carboxylic acids is 1. The zero-order valence-corrected chi connectivity index (χ0v) is 19.8. The van der Waals surface area contributed by atoms with E-state index in [4.69, 9.17) is 9.90 Å². The number of nitrogens with one attached hydrogen (secondary N) is 1. The molecule has 15 heteroatoms. The highest BCUT2D eigenvalue weighted by Gasteiger charge is 2.38. The molecule has 4 rings (SSSR count). The Labute approximate surface area is 204 Å². The Hall–Kier alpha value is -3.59. The van der Waals surface area contributed by atoms with E-state index in [1.54, 1.807) is 28.9 Å². The second kappa shape index (κ2) is 11.0. The highest BCUT2D eigenvalue weighted by molar-refractivity contribution is 7.88. The third kappa shape index (κ3) is 6.97. The Bertz CT molecular complexity index is 1330. The number of nitrogens with zero attached hydrogens (tertiary/aromatic N) is 5. The summed E-state index contributed by atoms with van der Waals surface area (Å²) in [4.78, 5) is 25.7. The lowest BCUT2D eigenvalue weighted by Gasteiger charge is -2.12. The van der Waals surface area contributed by atoms with Gasteiger partial charge in [0, 0.05) is 50.1 Å². The summed E-state index contributed by atoms with van der Waals surface area (Å²) in [5.74, 6) is -2.32. The smallest absolute Gasteiger partial charge is 0.475 e.